The van der Waals surface area contributed by atoms with Crippen molar-refractivity contribution in [3.8, 4) is 16.4 Å². The van der Waals surface area contributed by atoms with Gasteiger partial charge < -0.3 is 14.4 Å². The highest BCUT2D eigenvalue weighted by Crippen LogP contribution is 2.27. The largest absolute Gasteiger partial charge is 0.485 e. The van der Waals surface area contributed by atoms with Crippen molar-refractivity contribution in [2.75, 3.05) is 0 Å². The third kappa shape index (κ3) is 2.59. The van der Waals surface area contributed by atoms with E-state index in [4.69, 9.17) is 14.4 Å². The van der Waals surface area contributed by atoms with E-state index >= 15 is 0 Å². The van der Waals surface area contributed by atoms with Crippen molar-refractivity contribution >= 4 is 28.6 Å². The van der Waals surface area contributed by atoms with Crippen molar-refractivity contribution in [2.24, 2.45) is 0 Å². The van der Waals surface area contributed by atoms with Crippen LogP contribution in [0.2, 0.25) is 0 Å². The van der Waals surface area contributed by atoms with Gasteiger partial charge in [-0.25, -0.2) is 4.79 Å². The fourth-order valence-corrected chi connectivity index (χ4v) is 2.98. The number of hydrogen-bond donors (Lipinski definition) is 1. The molecule has 0 aliphatic heterocycles. The maximum atomic E-state index is 11.0. The van der Waals surface area contributed by atoms with Crippen LogP contribution in [-0.4, -0.2) is 16.2 Å². The Morgan fingerprint density at radius 3 is 3.00 bits per heavy atom. The lowest BCUT2D eigenvalue weighted by Gasteiger charge is -2.01. The second kappa shape index (κ2) is 5.48. The molecule has 3 heterocycles. The number of aromatic carboxylic acids is 1. The summed E-state index contributed by atoms with van der Waals surface area (Å²) in [6, 6.07) is 7.30. The summed E-state index contributed by atoms with van der Waals surface area (Å²) < 4.78 is 10.7. The number of carbonyl (C=O) groups is 1. The minimum atomic E-state index is -0.991. The molecule has 0 amide bonds. The molecule has 0 radical (unpaired) electrons. The zero-order valence-corrected chi connectivity index (χ0v) is 11.7. The molecular weight excluding hydrogens is 298 g/mol. The normalized spacial score (nSPS) is 10.6. The molecule has 7 heteroatoms. The predicted molar refractivity (Wildman–Crippen MR) is 75.4 cm³/mol. The van der Waals surface area contributed by atoms with Gasteiger partial charge in [0.1, 0.15) is 18.1 Å². The van der Waals surface area contributed by atoms with Crippen LogP contribution >= 0.6 is 22.7 Å². The lowest BCUT2D eigenvalue weighted by Crippen LogP contribution is -2.00. The molecule has 0 aromatic carbocycles. The number of nitrogens with zero attached hydrogens (tertiary/aromatic N) is 1. The van der Waals surface area contributed by atoms with Gasteiger partial charge in [-0.3, -0.25) is 0 Å². The first-order chi connectivity index (χ1) is 9.74. The SMILES string of the molecule is O=C(O)c1sccc1OCc1cc(-c2cccs2)on1. The Kier molecular flexibility index (Phi) is 3.53. The number of rotatable bonds is 5. The van der Waals surface area contributed by atoms with Crippen LogP contribution < -0.4 is 4.74 Å². The number of ether oxygens (including phenoxy) is 1. The van der Waals surface area contributed by atoms with Crippen LogP contribution in [-0.2, 0) is 6.61 Å². The molecule has 5 nitrogen and oxygen atoms in total. The summed E-state index contributed by atoms with van der Waals surface area (Å²) in [4.78, 5) is 12.1. The van der Waals surface area contributed by atoms with Crippen LogP contribution in [0.1, 0.15) is 15.4 Å². The summed E-state index contributed by atoms with van der Waals surface area (Å²) in [5, 5.41) is 16.5. The molecule has 0 saturated carbocycles. The van der Waals surface area contributed by atoms with Crippen molar-refractivity contribution < 1.29 is 19.2 Å². The van der Waals surface area contributed by atoms with Crippen molar-refractivity contribution in [3.63, 3.8) is 0 Å². The van der Waals surface area contributed by atoms with Gasteiger partial charge in [0.15, 0.2) is 10.6 Å². The van der Waals surface area contributed by atoms with E-state index in [0.717, 1.165) is 16.2 Å². The van der Waals surface area contributed by atoms with E-state index in [2.05, 4.69) is 5.16 Å². The molecule has 0 aliphatic rings. The average molecular weight is 307 g/mol. The van der Waals surface area contributed by atoms with Gasteiger partial charge >= 0.3 is 5.97 Å². The molecular formula is C13H9NO4S2. The highest BCUT2D eigenvalue weighted by Gasteiger charge is 2.14. The molecule has 3 aromatic heterocycles. The lowest BCUT2D eigenvalue weighted by atomic mass is 10.3. The Balaban J connectivity index is 1.70. The Bertz CT molecular complexity index is 714. The molecule has 0 aliphatic carbocycles. The average Bonchev–Trinajstić information content (AvgIpc) is 3.16. The molecule has 3 aromatic rings. The zero-order chi connectivity index (χ0) is 13.9. The fraction of sp³-hybridized carbons (Fsp3) is 0.0769. The molecule has 0 unspecified atom stereocenters. The monoisotopic (exact) mass is 307 g/mol. The van der Waals surface area contributed by atoms with Crippen molar-refractivity contribution in [2.45, 2.75) is 6.61 Å². The third-order valence-electron chi connectivity index (χ3n) is 2.52. The van der Waals surface area contributed by atoms with E-state index in [1.165, 1.54) is 0 Å². The molecule has 0 fully saturated rings. The third-order valence-corrected chi connectivity index (χ3v) is 4.29. The Morgan fingerprint density at radius 2 is 2.25 bits per heavy atom. The molecule has 102 valence electrons. The highest BCUT2D eigenvalue weighted by atomic mass is 32.1. The number of carboxylic acids is 1. The number of aromatic nitrogens is 1. The molecule has 0 spiro atoms. The van der Waals surface area contributed by atoms with Gasteiger partial charge in [0.25, 0.3) is 0 Å². The van der Waals surface area contributed by atoms with Crippen molar-refractivity contribution in [1.29, 1.82) is 0 Å². The summed E-state index contributed by atoms with van der Waals surface area (Å²) in [6.07, 6.45) is 0. The maximum absolute atomic E-state index is 11.0. The Hall–Kier alpha value is -2.12. The van der Waals surface area contributed by atoms with Crippen LogP contribution in [0.5, 0.6) is 5.75 Å². The zero-order valence-electron chi connectivity index (χ0n) is 10.1. The van der Waals surface area contributed by atoms with Crippen LogP contribution in [0, 0.1) is 0 Å². The van der Waals surface area contributed by atoms with E-state index in [0.29, 0.717) is 17.2 Å². The highest BCUT2D eigenvalue weighted by molar-refractivity contribution is 7.13. The van der Waals surface area contributed by atoms with Gasteiger partial charge in [0.2, 0.25) is 0 Å². The van der Waals surface area contributed by atoms with Crippen LogP contribution in [0.15, 0.2) is 39.5 Å². The summed E-state index contributed by atoms with van der Waals surface area (Å²) in [5.41, 5.74) is 0.621. The summed E-state index contributed by atoms with van der Waals surface area (Å²) in [5.74, 6) is 0.0416. The molecule has 0 saturated heterocycles. The van der Waals surface area contributed by atoms with Crippen LogP contribution in [0.3, 0.4) is 0 Å². The first-order valence-corrected chi connectivity index (χ1v) is 7.43. The standard InChI is InChI=1S/C13H9NO4S2/c15-13(16)12-9(3-5-20-12)17-7-8-6-10(18-14-8)11-2-1-4-19-11/h1-6H,7H2,(H,15,16). The van der Waals surface area contributed by atoms with Gasteiger partial charge in [0.05, 0.1) is 4.88 Å². The topological polar surface area (TPSA) is 72.6 Å². The quantitative estimate of drug-likeness (QED) is 0.777. The second-order valence-electron chi connectivity index (χ2n) is 3.87. The fourth-order valence-electron chi connectivity index (χ4n) is 1.63. The maximum Gasteiger partial charge on any atom is 0.349 e. The molecule has 3 rings (SSSR count). The van der Waals surface area contributed by atoms with Crippen molar-refractivity contribution in [1.82, 2.24) is 5.16 Å². The molecule has 0 bridgehead atoms. The lowest BCUT2D eigenvalue weighted by molar-refractivity contribution is 0.0697. The summed E-state index contributed by atoms with van der Waals surface area (Å²) in [7, 11) is 0. The summed E-state index contributed by atoms with van der Waals surface area (Å²) >= 11 is 2.69. The van der Waals surface area contributed by atoms with Gasteiger partial charge in [-0.1, -0.05) is 11.2 Å². The molecule has 1 N–H and O–H groups in total. The Labute approximate surface area is 122 Å². The minimum absolute atomic E-state index is 0.173. The summed E-state index contributed by atoms with van der Waals surface area (Å²) in [6.45, 7) is 0.173. The second-order valence-corrected chi connectivity index (χ2v) is 5.73. The number of carboxylic acid groups (broad SMARTS) is 1. The van der Waals surface area contributed by atoms with Gasteiger partial charge in [-0.2, -0.15) is 0 Å². The Morgan fingerprint density at radius 1 is 1.35 bits per heavy atom. The number of thiophene rings is 2. The minimum Gasteiger partial charge on any atom is -0.485 e. The van der Waals surface area contributed by atoms with Gasteiger partial charge in [-0.05, 0) is 22.9 Å². The predicted octanol–water partition coefficient (Wildman–Crippen LogP) is 3.74. The van der Waals surface area contributed by atoms with E-state index in [9.17, 15) is 4.79 Å². The first kappa shape index (κ1) is 12.9. The first-order valence-electron chi connectivity index (χ1n) is 5.67. The van der Waals surface area contributed by atoms with Crippen LogP contribution in [0.25, 0.3) is 10.6 Å². The molecule has 20 heavy (non-hydrogen) atoms. The smallest absolute Gasteiger partial charge is 0.349 e. The molecule has 0 atom stereocenters. The van der Waals surface area contributed by atoms with Crippen molar-refractivity contribution in [3.05, 3.63) is 45.6 Å². The van der Waals surface area contributed by atoms with E-state index in [-0.39, 0.29) is 11.5 Å². The van der Waals surface area contributed by atoms with E-state index in [1.807, 2.05) is 17.5 Å². The van der Waals surface area contributed by atoms with E-state index in [1.54, 1.807) is 28.8 Å². The van der Waals surface area contributed by atoms with Gasteiger partial charge in [-0.15, -0.1) is 22.7 Å². The number of hydrogen-bond acceptors (Lipinski definition) is 6. The van der Waals surface area contributed by atoms with E-state index < -0.39 is 5.97 Å². The van der Waals surface area contributed by atoms with Crippen LogP contribution in [0.4, 0.5) is 0 Å². The van der Waals surface area contributed by atoms with Gasteiger partial charge in [0, 0.05) is 6.07 Å².